The maximum absolute atomic E-state index is 13.4. The maximum atomic E-state index is 13.4. The highest BCUT2D eigenvalue weighted by Gasteiger charge is 2.28. The highest BCUT2D eigenvalue weighted by atomic mass is 32.2. The lowest BCUT2D eigenvalue weighted by molar-refractivity contribution is -0.140. The Hall–Kier alpha value is -3.31. The summed E-state index contributed by atoms with van der Waals surface area (Å²) in [5.41, 5.74) is 10.9. The number of nitrogens with two attached hydrogens (primary N) is 2. The topological polar surface area (TPSA) is 154 Å². The molecule has 0 saturated carbocycles. The summed E-state index contributed by atoms with van der Waals surface area (Å²) >= 11 is 1.43. The molecule has 37 heavy (non-hydrogen) atoms. The minimum atomic E-state index is -0.847. The molecule has 1 unspecified atom stereocenters. The number of piperazine rings is 1. The van der Waals surface area contributed by atoms with Crippen LogP contribution in [0.15, 0.2) is 52.4 Å². The Morgan fingerprint density at radius 3 is 2.32 bits per heavy atom. The molecule has 0 aliphatic carbocycles. The molecule has 0 radical (unpaired) electrons. The molecule has 11 heteroatoms. The van der Waals surface area contributed by atoms with E-state index in [0.29, 0.717) is 64.8 Å². The van der Waals surface area contributed by atoms with Crippen LogP contribution in [0.1, 0.15) is 38.5 Å². The maximum Gasteiger partial charge on any atom is 0.303 e. The summed E-state index contributed by atoms with van der Waals surface area (Å²) in [6.45, 7) is 2.32. The van der Waals surface area contributed by atoms with Gasteiger partial charge in [0.25, 0.3) is 0 Å². The van der Waals surface area contributed by atoms with Crippen molar-refractivity contribution in [1.29, 1.82) is 0 Å². The van der Waals surface area contributed by atoms with Gasteiger partial charge in [-0.15, -0.1) is 0 Å². The molecule has 0 spiro atoms. The Labute approximate surface area is 221 Å². The number of unbranched alkanes of at least 4 members (excludes halogenated alkanes) is 1. The van der Waals surface area contributed by atoms with E-state index in [1.165, 1.54) is 11.9 Å². The number of hydrogen-bond donors (Lipinski definition) is 4. The Bertz CT molecular complexity index is 1100. The van der Waals surface area contributed by atoms with Crippen molar-refractivity contribution < 1.29 is 19.5 Å². The number of rotatable bonds is 13. The monoisotopic (exact) mass is 528 g/mol. The van der Waals surface area contributed by atoms with Gasteiger partial charge >= 0.3 is 5.97 Å². The largest absolute Gasteiger partial charge is 0.481 e. The molecule has 10 nitrogen and oxygen atoms in total. The number of fused-ring (bicyclic) bond motifs is 1. The molecule has 2 aromatic rings. The van der Waals surface area contributed by atoms with Gasteiger partial charge in [-0.3, -0.25) is 19.4 Å². The van der Waals surface area contributed by atoms with Crippen molar-refractivity contribution in [2.45, 2.75) is 49.5 Å². The fourth-order valence-electron chi connectivity index (χ4n) is 4.21. The number of nitrogens with one attached hydrogen (secondary N) is 1. The van der Waals surface area contributed by atoms with Gasteiger partial charge in [0.15, 0.2) is 5.96 Å². The summed E-state index contributed by atoms with van der Waals surface area (Å²) in [5, 5.41) is 11.0. The molecule has 1 saturated heterocycles. The summed E-state index contributed by atoms with van der Waals surface area (Å²) in [6, 6.07) is 13.9. The predicted octanol–water partition coefficient (Wildman–Crippen LogP) is 2.17. The van der Waals surface area contributed by atoms with Crippen LogP contribution in [0, 0.1) is 0 Å². The molecule has 3 rings (SSSR count). The van der Waals surface area contributed by atoms with E-state index >= 15 is 0 Å². The second-order valence-corrected chi connectivity index (χ2v) is 9.95. The van der Waals surface area contributed by atoms with Crippen molar-refractivity contribution in [3.63, 3.8) is 0 Å². The van der Waals surface area contributed by atoms with Crippen molar-refractivity contribution in [3.8, 4) is 0 Å². The Morgan fingerprint density at radius 1 is 0.946 bits per heavy atom. The number of nitrogens with zero attached hydrogens (tertiary/aromatic N) is 3. The SMILES string of the molecule is NC(N)=NCCCC(NSc1ccc2ccccc2c1)C(=O)N1CCN(C(=O)CCCCC(=O)O)CC1. The summed E-state index contributed by atoms with van der Waals surface area (Å²) in [5.74, 6) is -0.812. The third-order valence-electron chi connectivity index (χ3n) is 6.26. The smallest absolute Gasteiger partial charge is 0.303 e. The van der Waals surface area contributed by atoms with Crippen LogP contribution in [-0.2, 0) is 14.4 Å². The fourth-order valence-corrected chi connectivity index (χ4v) is 5.03. The second-order valence-electron chi connectivity index (χ2n) is 9.04. The van der Waals surface area contributed by atoms with Crippen LogP contribution in [0.2, 0.25) is 0 Å². The zero-order chi connectivity index (χ0) is 26.6. The molecular weight excluding hydrogens is 492 g/mol. The molecule has 1 heterocycles. The molecule has 1 aliphatic rings. The van der Waals surface area contributed by atoms with Crippen LogP contribution >= 0.6 is 11.9 Å². The number of carboxylic acid groups (broad SMARTS) is 1. The lowest BCUT2D eigenvalue weighted by atomic mass is 10.1. The van der Waals surface area contributed by atoms with Gasteiger partial charge in [-0.25, -0.2) is 4.72 Å². The van der Waals surface area contributed by atoms with Gasteiger partial charge < -0.3 is 26.4 Å². The minimum absolute atomic E-state index is 0.00783. The van der Waals surface area contributed by atoms with Crippen molar-refractivity contribution in [2.75, 3.05) is 32.7 Å². The third kappa shape index (κ3) is 9.25. The predicted molar refractivity (Wildman–Crippen MR) is 146 cm³/mol. The number of amides is 2. The summed E-state index contributed by atoms with van der Waals surface area (Å²) < 4.78 is 3.35. The third-order valence-corrected chi connectivity index (χ3v) is 7.15. The molecular formula is C26H36N6O4S. The zero-order valence-corrected chi connectivity index (χ0v) is 21.8. The average Bonchev–Trinajstić information content (AvgIpc) is 2.90. The molecule has 1 fully saturated rings. The molecule has 2 aromatic carbocycles. The highest BCUT2D eigenvalue weighted by Crippen LogP contribution is 2.23. The first-order valence-corrected chi connectivity index (χ1v) is 13.4. The normalized spacial score (nSPS) is 14.4. The standard InChI is InChI=1S/C26H36N6O4S/c27-26(28)29-13-5-8-22(30-37-21-12-11-19-6-1-2-7-20(19)18-21)25(36)32-16-14-31(15-17-32)23(33)9-3-4-10-24(34)35/h1-2,6-7,11-12,18,22,30H,3-5,8-10,13-17H2,(H,34,35)(H4,27,28,29). The van der Waals surface area contributed by atoms with E-state index in [4.69, 9.17) is 16.6 Å². The van der Waals surface area contributed by atoms with E-state index in [9.17, 15) is 14.4 Å². The van der Waals surface area contributed by atoms with Gasteiger partial charge in [-0.05, 0) is 60.5 Å². The lowest BCUT2D eigenvalue weighted by Crippen LogP contribution is -2.54. The van der Waals surface area contributed by atoms with Crippen LogP contribution in [-0.4, -0.2) is 77.4 Å². The number of carbonyl (C=O) groups excluding carboxylic acids is 2. The van der Waals surface area contributed by atoms with E-state index in [1.54, 1.807) is 9.80 Å². The van der Waals surface area contributed by atoms with Crippen LogP contribution in [0.4, 0.5) is 0 Å². The van der Waals surface area contributed by atoms with Gasteiger partial charge in [-0.2, -0.15) is 0 Å². The first kappa shape index (κ1) is 28.3. The van der Waals surface area contributed by atoms with Crippen LogP contribution in [0.25, 0.3) is 10.8 Å². The Morgan fingerprint density at radius 2 is 1.62 bits per heavy atom. The van der Waals surface area contributed by atoms with Gasteiger partial charge in [0, 0.05) is 50.5 Å². The van der Waals surface area contributed by atoms with Crippen LogP contribution < -0.4 is 16.2 Å². The number of benzene rings is 2. The van der Waals surface area contributed by atoms with Gasteiger partial charge in [-0.1, -0.05) is 30.3 Å². The van der Waals surface area contributed by atoms with Crippen LogP contribution in [0.3, 0.4) is 0 Å². The summed E-state index contributed by atoms with van der Waals surface area (Å²) in [6.07, 6.45) is 2.66. The molecule has 200 valence electrons. The number of guanidine groups is 1. The quantitative estimate of drug-likeness (QED) is 0.133. The van der Waals surface area contributed by atoms with E-state index < -0.39 is 12.0 Å². The number of aliphatic carboxylic acids is 1. The molecule has 2 amide bonds. The highest BCUT2D eigenvalue weighted by molar-refractivity contribution is 7.97. The van der Waals surface area contributed by atoms with Gasteiger partial charge in [0.05, 0.1) is 6.04 Å². The molecule has 1 atom stereocenters. The molecule has 0 aromatic heterocycles. The lowest BCUT2D eigenvalue weighted by Gasteiger charge is -2.36. The first-order chi connectivity index (χ1) is 17.8. The number of carboxylic acids is 1. The van der Waals surface area contributed by atoms with Crippen LogP contribution in [0.5, 0.6) is 0 Å². The van der Waals surface area contributed by atoms with Gasteiger partial charge in [0.2, 0.25) is 11.8 Å². The Kier molecular flexibility index (Phi) is 11.0. The second kappa shape index (κ2) is 14.4. The van der Waals surface area contributed by atoms with Crippen molar-refractivity contribution in [2.24, 2.45) is 16.5 Å². The zero-order valence-electron chi connectivity index (χ0n) is 21.0. The molecule has 0 bridgehead atoms. The van der Waals surface area contributed by atoms with Crippen molar-refractivity contribution >= 4 is 46.5 Å². The summed E-state index contributed by atoms with van der Waals surface area (Å²) in [7, 11) is 0. The number of carbonyl (C=O) groups is 3. The number of aliphatic imine (C=N–C) groups is 1. The minimum Gasteiger partial charge on any atom is -0.481 e. The molecule has 6 N–H and O–H groups in total. The summed E-state index contributed by atoms with van der Waals surface area (Å²) in [4.78, 5) is 45.1. The van der Waals surface area contributed by atoms with E-state index in [0.717, 1.165) is 15.7 Å². The number of hydrogen-bond acceptors (Lipinski definition) is 6. The van der Waals surface area contributed by atoms with Crippen molar-refractivity contribution in [1.82, 2.24) is 14.5 Å². The first-order valence-electron chi connectivity index (χ1n) is 12.6. The van der Waals surface area contributed by atoms with E-state index in [1.807, 2.05) is 18.2 Å². The van der Waals surface area contributed by atoms with Gasteiger partial charge in [0.1, 0.15) is 0 Å². The molecule has 1 aliphatic heterocycles. The van der Waals surface area contributed by atoms with Crippen molar-refractivity contribution in [3.05, 3.63) is 42.5 Å². The van der Waals surface area contributed by atoms with E-state index in [-0.39, 0.29) is 24.2 Å². The fraction of sp³-hybridized carbons (Fsp3) is 0.462. The Balaban J connectivity index is 1.54. The average molecular weight is 529 g/mol. The van der Waals surface area contributed by atoms with E-state index in [2.05, 4.69) is 34.0 Å².